The van der Waals surface area contributed by atoms with Gasteiger partial charge in [0, 0.05) is 23.7 Å². The van der Waals surface area contributed by atoms with Gasteiger partial charge in [-0.2, -0.15) is 0 Å². The van der Waals surface area contributed by atoms with Crippen molar-refractivity contribution in [2.45, 2.75) is 39.8 Å². The van der Waals surface area contributed by atoms with Crippen LogP contribution in [0.4, 0.5) is 0 Å². The summed E-state index contributed by atoms with van der Waals surface area (Å²) in [4.78, 5) is 12.2. The fourth-order valence-corrected chi connectivity index (χ4v) is 1.72. The molecule has 20 heavy (non-hydrogen) atoms. The summed E-state index contributed by atoms with van der Waals surface area (Å²) in [7, 11) is 1.61. The van der Waals surface area contributed by atoms with E-state index in [1.54, 1.807) is 37.5 Å². The molecule has 0 saturated carbocycles. The van der Waals surface area contributed by atoms with Crippen molar-refractivity contribution in [3.05, 3.63) is 41.7 Å². The molecule has 1 aromatic carbocycles. The van der Waals surface area contributed by atoms with Crippen molar-refractivity contribution in [2.75, 3.05) is 7.11 Å². The van der Waals surface area contributed by atoms with Crippen LogP contribution in [0.2, 0.25) is 0 Å². The van der Waals surface area contributed by atoms with Crippen molar-refractivity contribution in [1.82, 2.24) is 10.6 Å². The maximum Gasteiger partial charge on any atom is 0.189 e. The molecule has 1 rings (SSSR count). The second-order valence-corrected chi connectivity index (χ2v) is 5.25. The first-order chi connectivity index (χ1) is 9.42. The van der Waals surface area contributed by atoms with Gasteiger partial charge in [0.2, 0.25) is 0 Å². The minimum absolute atomic E-state index is 0.0380. The lowest BCUT2D eigenvalue weighted by atomic mass is 10.1. The van der Waals surface area contributed by atoms with Gasteiger partial charge in [-0.05, 0) is 52.0 Å². The molecule has 0 aliphatic carbocycles. The average Bonchev–Trinajstić information content (AvgIpc) is 2.37. The highest BCUT2D eigenvalue weighted by molar-refractivity contribution is 6.04. The highest BCUT2D eigenvalue weighted by atomic mass is 16.5. The molecule has 4 heteroatoms. The summed E-state index contributed by atoms with van der Waals surface area (Å²) in [5, 5.41) is 6.48. The Morgan fingerprint density at radius 3 is 1.95 bits per heavy atom. The Bertz CT molecular complexity index is 450. The average molecular weight is 276 g/mol. The number of methoxy groups -OCH3 is 1. The molecule has 0 bridgehead atoms. The molecule has 0 atom stereocenters. The van der Waals surface area contributed by atoms with Crippen molar-refractivity contribution in [3.8, 4) is 5.75 Å². The number of carbonyl (C=O) groups is 1. The van der Waals surface area contributed by atoms with E-state index in [0.717, 1.165) is 11.6 Å². The van der Waals surface area contributed by atoms with Crippen LogP contribution < -0.4 is 15.4 Å². The van der Waals surface area contributed by atoms with E-state index in [9.17, 15) is 4.79 Å². The molecule has 0 radical (unpaired) electrons. The van der Waals surface area contributed by atoms with Gasteiger partial charge in [-0.25, -0.2) is 0 Å². The first-order valence-corrected chi connectivity index (χ1v) is 6.85. The van der Waals surface area contributed by atoms with E-state index in [-0.39, 0.29) is 17.9 Å². The van der Waals surface area contributed by atoms with Crippen LogP contribution in [-0.4, -0.2) is 25.0 Å². The number of nitrogens with one attached hydrogen (secondary N) is 2. The van der Waals surface area contributed by atoms with Gasteiger partial charge in [-0.15, -0.1) is 0 Å². The predicted molar refractivity (Wildman–Crippen MR) is 82.0 cm³/mol. The van der Waals surface area contributed by atoms with Crippen LogP contribution in [0, 0.1) is 0 Å². The van der Waals surface area contributed by atoms with E-state index in [2.05, 4.69) is 10.6 Å². The minimum atomic E-state index is -0.0380. The number of ether oxygens (including phenoxy) is 1. The SMILES string of the molecule is COc1ccc(C(=O)C=C(NC(C)C)NC(C)C)cc1. The number of ketones is 1. The maximum atomic E-state index is 12.2. The van der Waals surface area contributed by atoms with Crippen LogP contribution in [-0.2, 0) is 0 Å². The number of carbonyl (C=O) groups excluding carboxylic acids is 1. The van der Waals surface area contributed by atoms with Crippen LogP contribution in [0.25, 0.3) is 0 Å². The second-order valence-electron chi connectivity index (χ2n) is 5.25. The highest BCUT2D eigenvalue weighted by Gasteiger charge is 2.07. The van der Waals surface area contributed by atoms with Crippen LogP contribution in [0.3, 0.4) is 0 Å². The van der Waals surface area contributed by atoms with Gasteiger partial charge in [-0.3, -0.25) is 4.79 Å². The molecule has 4 nitrogen and oxygen atoms in total. The molecule has 1 aromatic rings. The van der Waals surface area contributed by atoms with Crippen molar-refractivity contribution < 1.29 is 9.53 Å². The molecular weight excluding hydrogens is 252 g/mol. The van der Waals surface area contributed by atoms with Crippen LogP contribution in [0.5, 0.6) is 5.75 Å². The predicted octanol–water partition coefficient (Wildman–Crippen LogP) is 2.72. The Labute approximate surface area is 121 Å². The number of allylic oxidation sites excluding steroid dienone is 1. The fourth-order valence-electron chi connectivity index (χ4n) is 1.72. The standard InChI is InChI=1S/C16H24N2O2/c1-11(2)17-16(18-12(3)4)10-15(19)13-6-8-14(20-5)9-7-13/h6-12,17-18H,1-5H3. The van der Waals surface area contributed by atoms with Crippen molar-refractivity contribution in [1.29, 1.82) is 0 Å². The van der Waals surface area contributed by atoms with Crippen molar-refractivity contribution in [3.63, 3.8) is 0 Å². The van der Waals surface area contributed by atoms with Gasteiger partial charge in [0.1, 0.15) is 11.6 Å². The minimum Gasteiger partial charge on any atom is -0.497 e. The van der Waals surface area contributed by atoms with Crippen molar-refractivity contribution in [2.24, 2.45) is 0 Å². The molecule has 2 N–H and O–H groups in total. The summed E-state index contributed by atoms with van der Waals surface area (Å²) in [6.45, 7) is 8.14. The first-order valence-electron chi connectivity index (χ1n) is 6.85. The van der Waals surface area contributed by atoms with Gasteiger partial charge in [0.25, 0.3) is 0 Å². The summed E-state index contributed by atoms with van der Waals surface area (Å²) in [5.41, 5.74) is 0.638. The largest absolute Gasteiger partial charge is 0.497 e. The van der Waals surface area contributed by atoms with Gasteiger partial charge in [0.15, 0.2) is 5.78 Å². The Morgan fingerprint density at radius 1 is 1.05 bits per heavy atom. The third-order valence-electron chi connectivity index (χ3n) is 2.54. The topological polar surface area (TPSA) is 50.4 Å². The Morgan fingerprint density at radius 2 is 1.55 bits per heavy atom. The lowest BCUT2D eigenvalue weighted by Crippen LogP contribution is -2.35. The summed E-state index contributed by atoms with van der Waals surface area (Å²) in [6.07, 6.45) is 1.60. The normalized spacial score (nSPS) is 10.3. The zero-order valence-corrected chi connectivity index (χ0v) is 12.9. The zero-order chi connectivity index (χ0) is 15.1. The second kappa shape index (κ2) is 7.58. The molecule has 0 amide bonds. The van der Waals surface area contributed by atoms with Gasteiger partial charge in [-0.1, -0.05) is 0 Å². The lowest BCUT2D eigenvalue weighted by molar-refractivity contribution is 0.104. The lowest BCUT2D eigenvalue weighted by Gasteiger charge is -2.18. The fraction of sp³-hybridized carbons (Fsp3) is 0.438. The molecule has 0 saturated heterocycles. The van der Waals surface area contributed by atoms with Gasteiger partial charge >= 0.3 is 0 Å². The van der Waals surface area contributed by atoms with Gasteiger partial charge < -0.3 is 15.4 Å². The summed E-state index contributed by atoms with van der Waals surface area (Å²) >= 11 is 0. The number of rotatable bonds is 7. The van der Waals surface area contributed by atoms with E-state index >= 15 is 0 Å². The summed E-state index contributed by atoms with van der Waals surface area (Å²) in [5.74, 6) is 1.45. The third-order valence-corrected chi connectivity index (χ3v) is 2.54. The smallest absolute Gasteiger partial charge is 0.189 e. The van der Waals surface area contributed by atoms with E-state index in [0.29, 0.717) is 5.56 Å². The molecule has 0 heterocycles. The summed E-state index contributed by atoms with van der Waals surface area (Å²) in [6, 6.07) is 7.62. The Kier molecular flexibility index (Phi) is 6.10. The van der Waals surface area contributed by atoms with Crippen LogP contribution in [0.1, 0.15) is 38.1 Å². The zero-order valence-electron chi connectivity index (χ0n) is 12.9. The number of hydrogen-bond acceptors (Lipinski definition) is 4. The van der Waals surface area contributed by atoms with Crippen molar-refractivity contribution >= 4 is 5.78 Å². The van der Waals surface area contributed by atoms with Crippen LogP contribution >= 0.6 is 0 Å². The first kappa shape index (κ1) is 16.1. The third kappa shape index (κ3) is 5.34. The van der Waals surface area contributed by atoms with E-state index in [4.69, 9.17) is 4.74 Å². The molecule has 0 fully saturated rings. The van der Waals surface area contributed by atoms with E-state index in [1.165, 1.54) is 0 Å². The van der Waals surface area contributed by atoms with E-state index < -0.39 is 0 Å². The van der Waals surface area contributed by atoms with Gasteiger partial charge in [0.05, 0.1) is 7.11 Å². The molecule has 0 aromatic heterocycles. The number of benzene rings is 1. The molecular formula is C16H24N2O2. The number of hydrogen-bond donors (Lipinski definition) is 2. The van der Waals surface area contributed by atoms with Crippen LogP contribution in [0.15, 0.2) is 36.2 Å². The molecule has 0 aliphatic rings. The summed E-state index contributed by atoms with van der Waals surface area (Å²) < 4.78 is 5.08. The quantitative estimate of drug-likeness (QED) is 0.594. The highest BCUT2D eigenvalue weighted by Crippen LogP contribution is 2.12. The Balaban J connectivity index is 2.87. The van der Waals surface area contributed by atoms with E-state index in [1.807, 2.05) is 27.7 Å². The molecule has 0 aliphatic heterocycles. The molecule has 0 spiro atoms. The molecule has 110 valence electrons. The molecule has 0 unspecified atom stereocenters. The Hall–Kier alpha value is -1.97. The monoisotopic (exact) mass is 276 g/mol. The maximum absolute atomic E-state index is 12.2.